The predicted molar refractivity (Wildman–Crippen MR) is 126 cm³/mol. The van der Waals surface area contributed by atoms with Crippen LogP contribution in [-0.4, -0.2) is 15.0 Å². The molecule has 0 fully saturated rings. The highest BCUT2D eigenvalue weighted by molar-refractivity contribution is 5.82. The molecule has 6 heteroatoms. The van der Waals surface area contributed by atoms with Crippen LogP contribution in [0.25, 0.3) is 10.9 Å². The number of hydrogen-bond acceptors (Lipinski definition) is 3. The fourth-order valence-corrected chi connectivity index (χ4v) is 3.98. The standard InChI is InChI=1S/C26H25N3O3/c1-18(20-13-7-4-8-14-20)27-24(30)23(17-19-11-5-3-6-12-19)29-25(31)21-15-9-10-16-22(21)28(2)26(29)32/h3-16,18,23H,17H2,1-2H3,(H,27,30)/t18-,23+/m1/s1. The van der Waals surface area contributed by atoms with Gasteiger partial charge < -0.3 is 5.32 Å². The Morgan fingerprint density at radius 2 is 1.47 bits per heavy atom. The van der Waals surface area contributed by atoms with Gasteiger partial charge in [0.1, 0.15) is 6.04 Å². The molecule has 4 aromatic rings. The Kier molecular flexibility index (Phi) is 6.03. The SMILES string of the molecule is C[C@@H](NC(=O)[C@H](Cc1ccccc1)n1c(=O)c2ccccc2n(C)c1=O)c1ccccc1. The minimum Gasteiger partial charge on any atom is -0.348 e. The van der Waals surface area contributed by atoms with Gasteiger partial charge in [0.2, 0.25) is 5.91 Å². The molecular weight excluding hydrogens is 402 g/mol. The number of rotatable bonds is 6. The number of benzene rings is 3. The quantitative estimate of drug-likeness (QED) is 0.513. The van der Waals surface area contributed by atoms with Gasteiger partial charge in [0.15, 0.2) is 0 Å². The van der Waals surface area contributed by atoms with E-state index in [0.717, 1.165) is 15.7 Å². The highest BCUT2D eigenvalue weighted by atomic mass is 16.2. The number of hydrogen-bond donors (Lipinski definition) is 1. The van der Waals surface area contributed by atoms with Crippen molar-refractivity contribution in [3.63, 3.8) is 0 Å². The molecule has 162 valence electrons. The molecule has 3 aromatic carbocycles. The number of para-hydroxylation sites is 1. The van der Waals surface area contributed by atoms with Gasteiger partial charge in [-0.05, 0) is 30.2 Å². The first-order chi connectivity index (χ1) is 15.5. The van der Waals surface area contributed by atoms with E-state index >= 15 is 0 Å². The smallest absolute Gasteiger partial charge is 0.331 e. The van der Waals surface area contributed by atoms with Crippen molar-refractivity contribution in [3.05, 3.63) is 117 Å². The summed E-state index contributed by atoms with van der Waals surface area (Å²) in [6.07, 6.45) is 0.224. The molecule has 1 N–H and O–H groups in total. The summed E-state index contributed by atoms with van der Waals surface area (Å²) < 4.78 is 2.50. The number of aryl methyl sites for hydroxylation is 1. The summed E-state index contributed by atoms with van der Waals surface area (Å²) in [5.41, 5.74) is 1.36. The van der Waals surface area contributed by atoms with Gasteiger partial charge in [0.05, 0.1) is 16.9 Å². The van der Waals surface area contributed by atoms with Crippen molar-refractivity contribution in [2.45, 2.75) is 25.4 Å². The third kappa shape index (κ3) is 4.12. The first-order valence-electron chi connectivity index (χ1n) is 10.6. The molecule has 4 rings (SSSR count). The lowest BCUT2D eigenvalue weighted by Crippen LogP contribution is -2.47. The molecule has 0 aliphatic carbocycles. The van der Waals surface area contributed by atoms with Crippen LogP contribution in [0.4, 0.5) is 0 Å². The van der Waals surface area contributed by atoms with Crippen molar-refractivity contribution < 1.29 is 4.79 Å². The topological polar surface area (TPSA) is 73.1 Å². The molecule has 0 aliphatic heterocycles. The van der Waals surface area contributed by atoms with Crippen molar-refractivity contribution in [2.24, 2.45) is 7.05 Å². The normalized spacial score (nSPS) is 12.9. The van der Waals surface area contributed by atoms with E-state index < -0.39 is 17.3 Å². The van der Waals surface area contributed by atoms with E-state index in [1.54, 1.807) is 31.3 Å². The van der Waals surface area contributed by atoms with Gasteiger partial charge in [0.25, 0.3) is 5.56 Å². The van der Waals surface area contributed by atoms with Crippen molar-refractivity contribution in [3.8, 4) is 0 Å². The number of fused-ring (bicyclic) bond motifs is 1. The van der Waals surface area contributed by atoms with E-state index in [4.69, 9.17) is 0 Å². The predicted octanol–water partition coefficient (Wildman–Crippen LogP) is 3.36. The van der Waals surface area contributed by atoms with Crippen LogP contribution >= 0.6 is 0 Å². The lowest BCUT2D eigenvalue weighted by Gasteiger charge is -2.23. The summed E-state index contributed by atoms with van der Waals surface area (Å²) in [6, 6.07) is 24.7. The zero-order valence-corrected chi connectivity index (χ0v) is 18.1. The number of nitrogens with one attached hydrogen (secondary N) is 1. The zero-order valence-electron chi connectivity index (χ0n) is 18.1. The third-order valence-electron chi connectivity index (χ3n) is 5.75. The Balaban J connectivity index is 1.81. The largest absolute Gasteiger partial charge is 0.348 e. The van der Waals surface area contributed by atoms with Gasteiger partial charge >= 0.3 is 5.69 Å². The highest BCUT2D eigenvalue weighted by Crippen LogP contribution is 2.17. The van der Waals surface area contributed by atoms with Gasteiger partial charge in [-0.2, -0.15) is 0 Å². The van der Waals surface area contributed by atoms with Crippen molar-refractivity contribution in [2.75, 3.05) is 0 Å². The molecule has 0 aliphatic rings. The Morgan fingerprint density at radius 1 is 0.875 bits per heavy atom. The Hall–Kier alpha value is -3.93. The third-order valence-corrected chi connectivity index (χ3v) is 5.75. The van der Waals surface area contributed by atoms with Crippen LogP contribution in [0, 0.1) is 0 Å². The number of aromatic nitrogens is 2. The lowest BCUT2D eigenvalue weighted by molar-refractivity contribution is -0.125. The minimum atomic E-state index is -0.987. The first-order valence-corrected chi connectivity index (χ1v) is 10.6. The average Bonchev–Trinajstić information content (AvgIpc) is 2.83. The first kappa shape index (κ1) is 21.3. The molecule has 1 heterocycles. The van der Waals surface area contributed by atoms with Crippen molar-refractivity contribution in [1.29, 1.82) is 0 Å². The lowest BCUT2D eigenvalue weighted by atomic mass is 10.0. The van der Waals surface area contributed by atoms with Gasteiger partial charge in [-0.3, -0.25) is 14.2 Å². The Bertz CT molecular complexity index is 1360. The molecule has 0 saturated carbocycles. The fraction of sp³-hybridized carbons (Fsp3) is 0.192. The molecule has 1 aromatic heterocycles. The van der Waals surface area contributed by atoms with Crippen molar-refractivity contribution in [1.82, 2.24) is 14.5 Å². The number of carbonyl (C=O) groups excluding carboxylic acids is 1. The van der Waals surface area contributed by atoms with Crippen molar-refractivity contribution >= 4 is 16.8 Å². The zero-order chi connectivity index (χ0) is 22.7. The van der Waals surface area contributed by atoms with E-state index in [2.05, 4.69) is 5.32 Å². The maximum Gasteiger partial charge on any atom is 0.331 e. The molecular formula is C26H25N3O3. The Labute approximate surface area is 185 Å². The molecule has 2 atom stereocenters. The van der Waals surface area contributed by atoms with Crippen LogP contribution < -0.4 is 16.6 Å². The summed E-state index contributed by atoms with van der Waals surface area (Å²) in [5, 5.41) is 3.39. The van der Waals surface area contributed by atoms with E-state index in [-0.39, 0.29) is 18.4 Å². The molecule has 0 bridgehead atoms. The summed E-state index contributed by atoms with van der Waals surface area (Å²) in [4.78, 5) is 40.1. The van der Waals surface area contributed by atoms with Crippen LogP contribution in [0.2, 0.25) is 0 Å². The maximum absolute atomic E-state index is 13.5. The maximum atomic E-state index is 13.5. The molecule has 1 amide bonds. The average molecular weight is 428 g/mol. The van der Waals surface area contributed by atoms with E-state index in [1.807, 2.05) is 67.6 Å². The van der Waals surface area contributed by atoms with Gasteiger partial charge in [-0.1, -0.05) is 72.8 Å². The fourth-order valence-electron chi connectivity index (χ4n) is 3.98. The van der Waals surface area contributed by atoms with Crippen LogP contribution in [0.5, 0.6) is 0 Å². The summed E-state index contributed by atoms with van der Waals surface area (Å²) in [7, 11) is 1.62. The van der Waals surface area contributed by atoms with E-state index in [9.17, 15) is 14.4 Å². The van der Waals surface area contributed by atoms with Gasteiger partial charge in [-0.25, -0.2) is 9.36 Å². The van der Waals surface area contributed by atoms with Crippen LogP contribution in [0.1, 0.15) is 30.1 Å². The molecule has 32 heavy (non-hydrogen) atoms. The Morgan fingerprint density at radius 3 is 2.16 bits per heavy atom. The molecule has 6 nitrogen and oxygen atoms in total. The van der Waals surface area contributed by atoms with Crippen LogP contribution in [-0.2, 0) is 18.3 Å². The number of amides is 1. The van der Waals surface area contributed by atoms with Gasteiger partial charge in [0, 0.05) is 13.5 Å². The molecule has 0 radical (unpaired) electrons. The van der Waals surface area contributed by atoms with Crippen LogP contribution in [0.3, 0.4) is 0 Å². The molecule has 0 spiro atoms. The minimum absolute atomic E-state index is 0.224. The van der Waals surface area contributed by atoms with E-state index in [0.29, 0.717) is 10.9 Å². The van der Waals surface area contributed by atoms with E-state index in [1.165, 1.54) is 4.57 Å². The van der Waals surface area contributed by atoms with Gasteiger partial charge in [-0.15, -0.1) is 0 Å². The number of carbonyl (C=O) groups is 1. The second-order valence-corrected chi connectivity index (χ2v) is 7.88. The second-order valence-electron chi connectivity index (χ2n) is 7.88. The molecule has 0 saturated heterocycles. The summed E-state index contributed by atoms with van der Waals surface area (Å²) in [5.74, 6) is -0.375. The summed E-state index contributed by atoms with van der Waals surface area (Å²) >= 11 is 0. The molecule has 0 unspecified atom stereocenters. The summed E-state index contributed by atoms with van der Waals surface area (Å²) in [6.45, 7) is 1.88. The number of nitrogens with zero attached hydrogens (tertiary/aromatic N) is 2. The second kappa shape index (κ2) is 9.06. The van der Waals surface area contributed by atoms with Crippen LogP contribution in [0.15, 0.2) is 94.5 Å². The monoisotopic (exact) mass is 427 g/mol. The highest BCUT2D eigenvalue weighted by Gasteiger charge is 2.27.